The standard InChI is InChI=1S/C11H18O3/c1-9(14-11(2,3)4)13-8-10-6-5-7-12-10/h5-7,9H,8H2,1-4H3. The van der Waals surface area contributed by atoms with Crippen molar-refractivity contribution >= 4 is 0 Å². The molecule has 3 nitrogen and oxygen atoms in total. The first-order chi connectivity index (χ1) is 6.47. The molecule has 0 aliphatic carbocycles. The lowest BCUT2D eigenvalue weighted by Crippen LogP contribution is -2.27. The van der Waals surface area contributed by atoms with Crippen LogP contribution in [0.1, 0.15) is 33.5 Å². The number of hydrogen-bond donors (Lipinski definition) is 0. The molecule has 0 saturated heterocycles. The Kier molecular flexibility index (Phi) is 3.72. The van der Waals surface area contributed by atoms with Crippen LogP contribution in [0.4, 0.5) is 0 Å². The fourth-order valence-corrected chi connectivity index (χ4v) is 1.13. The van der Waals surface area contributed by atoms with Gasteiger partial charge in [0.05, 0.1) is 11.9 Å². The van der Waals surface area contributed by atoms with E-state index in [1.165, 1.54) is 0 Å². The van der Waals surface area contributed by atoms with E-state index in [0.29, 0.717) is 6.61 Å². The average Bonchev–Trinajstić information content (AvgIpc) is 2.49. The van der Waals surface area contributed by atoms with Crippen molar-refractivity contribution in [3.63, 3.8) is 0 Å². The summed E-state index contributed by atoms with van der Waals surface area (Å²) in [6.07, 6.45) is 1.41. The Balaban J connectivity index is 2.25. The van der Waals surface area contributed by atoms with Crippen LogP contribution in [0, 0.1) is 0 Å². The molecule has 3 heteroatoms. The van der Waals surface area contributed by atoms with Crippen LogP contribution in [0.25, 0.3) is 0 Å². The van der Waals surface area contributed by atoms with Crippen LogP contribution in [0.2, 0.25) is 0 Å². The summed E-state index contributed by atoms with van der Waals surface area (Å²) in [6, 6.07) is 3.72. The minimum Gasteiger partial charge on any atom is -0.467 e. The first-order valence-corrected chi connectivity index (χ1v) is 4.79. The maximum absolute atomic E-state index is 5.57. The zero-order valence-electron chi connectivity index (χ0n) is 9.24. The summed E-state index contributed by atoms with van der Waals surface area (Å²) in [5.41, 5.74) is -0.178. The van der Waals surface area contributed by atoms with Gasteiger partial charge in [0, 0.05) is 0 Å². The number of furan rings is 1. The highest BCUT2D eigenvalue weighted by atomic mass is 16.7. The van der Waals surface area contributed by atoms with Crippen LogP contribution in [0.3, 0.4) is 0 Å². The molecule has 1 atom stereocenters. The summed E-state index contributed by atoms with van der Waals surface area (Å²) in [5.74, 6) is 0.814. The van der Waals surface area contributed by atoms with Crippen molar-refractivity contribution in [1.82, 2.24) is 0 Å². The highest BCUT2D eigenvalue weighted by Crippen LogP contribution is 2.13. The lowest BCUT2D eigenvalue weighted by molar-refractivity contribution is -0.192. The molecule has 80 valence electrons. The molecule has 0 amide bonds. The topological polar surface area (TPSA) is 31.6 Å². The SMILES string of the molecule is CC(OCc1ccco1)OC(C)(C)C. The molecule has 0 saturated carbocycles. The van der Waals surface area contributed by atoms with Gasteiger partial charge in [0.2, 0.25) is 0 Å². The van der Waals surface area contributed by atoms with E-state index in [9.17, 15) is 0 Å². The molecular weight excluding hydrogens is 180 g/mol. The minimum absolute atomic E-state index is 0.178. The van der Waals surface area contributed by atoms with E-state index in [4.69, 9.17) is 13.9 Å². The van der Waals surface area contributed by atoms with Crippen LogP contribution in [-0.4, -0.2) is 11.9 Å². The Morgan fingerprint density at radius 3 is 2.64 bits per heavy atom. The molecule has 0 spiro atoms. The molecule has 0 aliphatic heterocycles. The third-order valence-corrected chi connectivity index (χ3v) is 1.56. The van der Waals surface area contributed by atoms with Gasteiger partial charge in [0.15, 0.2) is 6.29 Å². The fourth-order valence-electron chi connectivity index (χ4n) is 1.13. The van der Waals surface area contributed by atoms with Crippen molar-refractivity contribution in [2.75, 3.05) is 0 Å². The van der Waals surface area contributed by atoms with Crippen molar-refractivity contribution in [1.29, 1.82) is 0 Å². The normalized spacial score (nSPS) is 14.3. The Bertz CT molecular complexity index is 246. The van der Waals surface area contributed by atoms with E-state index in [1.807, 2.05) is 39.8 Å². The Morgan fingerprint density at radius 1 is 1.43 bits per heavy atom. The lowest BCUT2D eigenvalue weighted by Gasteiger charge is -2.24. The van der Waals surface area contributed by atoms with Crippen LogP contribution < -0.4 is 0 Å². The molecule has 0 aliphatic rings. The third kappa shape index (κ3) is 4.44. The van der Waals surface area contributed by atoms with E-state index in [1.54, 1.807) is 6.26 Å². The van der Waals surface area contributed by atoms with Crippen LogP contribution in [0.5, 0.6) is 0 Å². The molecule has 1 heterocycles. The lowest BCUT2D eigenvalue weighted by atomic mass is 10.2. The minimum atomic E-state index is -0.222. The molecule has 0 radical (unpaired) electrons. The molecule has 0 fully saturated rings. The summed E-state index contributed by atoms with van der Waals surface area (Å²) < 4.78 is 16.2. The molecule has 0 aromatic carbocycles. The second kappa shape index (κ2) is 4.62. The number of ether oxygens (including phenoxy) is 2. The number of rotatable bonds is 4. The highest BCUT2D eigenvalue weighted by molar-refractivity contribution is 4.96. The molecule has 1 rings (SSSR count). The van der Waals surface area contributed by atoms with Crippen molar-refractivity contribution < 1.29 is 13.9 Å². The van der Waals surface area contributed by atoms with Crippen LogP contribution >= 0.6 is 0 Å². The molecule has 0 bridgehead atoms. The van der Waals surface area contributed by atoms with Gasteiger partial charge in [0.1, 0.15) is 12.4 Å². The molecule has 1 aromatic rings. The van der Waals surface area contributed by atoms with E-state index < -0.39 is 0 Å². The van der Waals surface area contributed by atoms with Gasteiger partial charge in [-0.2, -0.15) is 0 Å². The van der Waals surface area contributed by atoms with E-state index in [0.717, 1.165) is 5.76 Å². The number of hydrogen-bond acceptors (Lipinski definition) is 3. The summed E-state index contributed by atoms with van der Waals surface area (Å²) in [6.45, 7) is 8.33. The molecule has 14 heavy (non-hydrogen) atoms. The first kappa shape index (κ1) is 11.3. The maximum Gasteiger partial charge on any atom is 0.156 e. The van der Waals surface area contributed by atoms with Crippen LogP contribution in [0.15, 0.2) is 22.8 Å². The van der Waals surface area contributed by atoms with Gasteiger partial charge in [-0.05, 0) is 39.8 Å². The zero-order chi connectivity index (χ0) is 10.6. The summed E-state index contributed by atoms with van der Waals surface area (Å²) in [4.78, 5) is 0. The fraction of sp³-hybridized carbons (Fsp3) is 0.636. The van der Waals surface area contributed by atoms with Crippen LogP contribution in [-0.2, 0) is 16.1 Å². The Morgan fingerprint density at radius 2 is 2.14 bits per heavy atom. The van der Waals surface area contributed by atoms with Gasteiger partial charge in [-0.15, -0.1) is 0 Å². The van der Waals surface area contributed by atoms with Crippen molar-refractivity contribution in [3.8, 4) is 0 Å². The van der Waals surface area contributed by atoms with Gasteiger partial charge in [0.25, 0.3) is 0 Å². The molecule has 1 aromatic heterocycles. The highest BCUT2D eigenvalue weighted by Gasteiger charge is 2.15. The molecular formula is C11H18O3. The largest absolute Gasteiger partial charge is 0.467 e. The maximum atomic E-state index is 5.57. The smallest absolute Gasteiger partial charge is 0.156 e. The monoisotopic (exact) mass is 198 g/mol. The first-order valence-electron chi connectivity index (χ1n) is 4.79. The summed E-state index contributed by atoms with van der Waals surface area (Å²) in [5, 5.41) is 0. The van der Waals surface area contributed by atoms with Gasteiger partial charge >= 0.3 is 0 Å². The van der Waals surface area contributed by atoms with Gasteiger partial charge in [-0.1, -0.05) is 0 Å². The summed E-state index contributed by atoms with van der Waals surface area (Å²) in [7, 11) is 0. The Labute approximate surface area is 85.0 Å². The predicted molar refractivity (Wildman–Crippen MR) is 53.8 cm³/mol. The van der Waals surface area contributed by atoms with E-state index in [2.05, 4.69) is 0 Å². The van der Waals surface area contributed by atoms with Crippen molar-refractivity contribution in [2.45, 2.75) is 46.2 Å². The molecule has 0 N–H and O–H groups in total. The molecule has 1 unspecified atom stereocenters. The van der Waals surface area contributed by atoms with Gasteiger partial charge in [-0.3, -0.25) is 0 Å². The van der Waals surface area contributed by atoms with E-state index in [-0.39, 0.29) is 11.9 Å². The van der Waals surface area contributed by atoms with Gasteiger partial charge < -0.3 is 13.9 Å². The van der Waals surface area contributed by atoms with Gasteiger partial charge in [-0.25, -0.2) is 0 Å². The quantitative estimate of drug-likeness (QED) is 0.697. The second-order valence-electron chi connectivity index (χ2n) is 4.19. The van der Waals surface area contributed by atoms with Crippen molar-refractivity contribution in [3.05, 3.63) is 24.2 Å². The second-order valence-corrected chi connectivity index (χ2v) is 4.19. The third-order valence-electron chi connectivity index (χ3n) is 1.56. The zero-order valence-corrected chi connectivity index (χ0v) is 9.24. The van der Waals surface area contributed by atoms with Crippen molar-refractivity contribution in [2.24, 2.45) is 0 Å². The predicted octanol–water partition coefficient (Wildman–Crippen LogP) is 2.96. The Hall–Kier alpha value is -0.800. The summed E-state index contributed by atoms with van der Waals surface area (Å²) >= 11 is 0. The van der Waals surface area contributed by atoms with E-state index >= 15 is 0 Å². The average molecular weight is 198 g/mol.